The molecule has 2 aliphatic heterocycles. The number of piperidine rings is 2. The van der Waals surface area contributed by atoms with Crippen molar-refractivity contribution < 1.29 is 50.5 Å². The number of carbonyl (C=O) groups excluding carboxylic acids is 2. The molecule has 2 amide bonds. The summed E-state index contributed by atoms with van der Waals surface area (Å²) >= 11 is 0. The second kappa shape index (κ2) is 21.5. The first-order valence-electron chi connectivity index (χ1n) is 20.8. The number of alkyl halides is 3. The lowest BCUT2D eigenvalue weighted by Gasteiger charge is -2.31. The van der Waals surface area contributed by atoms with E-state index in [1.165, 1.54) is 21.4 Å². The molecule has 4 aromatic rings. The number of amides is 2. The van der Waals surface area contributed by atoms with E-state index in [1.54, 1.807) is 24.7 Å². The predicted octanol–water partition coefficient (Wildman–Crippen LogP) is 3.20. The molecule has 3 aromatic heterocycles. The quantitative estimate of drug-likeness (QED) is 0.0619. The first-order chi connectivity index (χ1) is 30.0. The van der Waals surface area contributed by atoms with E-state index in [-0.39, 0.29) is 86.0 Å². The first-order valence-corrected chi connectivity index (χ1v) is 22.4. The Morgan fingerprint density at radius 3 is 2.40 bits per heavy atom. The lowest BCUT2D eigenvalue weighted by atomic mass is 9.90. The molecule has 0 bridgehead atoms. The number of benzene rings is 1. The van der Waals surface area contributed by atoms with Gasteiger partial charge in [0.05, 0.1) is 81.5 Å². The van der Waals surface area contributed by atoms with Gasteiger partial charge in [-0.15, -0.1) is 5.10 Å². The number of ether oxygens (including phenoxy) is 3. The average molecular weight is 906 g/mol. The third-order valence-corrected chi connectivity index (χ3v) is 12.2. The largest absolute Gasteiger partial charge is 0.419 e. The Morgan fingerprint density at radius 2 is 1.68 bits per heavy atom. The molecule has 2 saturated heterocycles. The van der Waals surface area contributed by atoms with Crippen LogP contribution in [0, 0.1) is 0 Å². The fraction of sp³-hybridized carbons (Fsp3) is 0.575. The van der Waals surface area contributed by atoms with Crippen LogP contribution in [0.5, 0.6) is 0 Å². The minimum absolute atomic E-state index is 0.0152. The van der Waals surface area contributed by atoms with Crippen molar-refractivity contribution in [3.63, 3.8) is 0 Å². The SMILES string of the molecule is CC(C)(O)Cn1cc(-c2nc(NC3CCN(S(=O)(=O)CCCOCc4cn(CCOCCOCCNc5ccc(C6CCC(=O)NC6=O)cc5)nn4)CC3)ncc2C(F)(F)F)cn1. The maximum atomic E-state index is 13.9. The highest BCUT2D eigenvalue weighted by molar-refractivity contribution is 7.89. The highest BCUT2D eigenvalue weighted by Crippen LogP contribution is 2.36. The number of carbonyl (C=O) groups is 2. The van der Waals surface area contributed by atoms with Crippen LogP contribution in [0.2, 0.25) is 0 Å². The summed E-state index contributed by atoms with van der Waals surface area (Å²) in [6.07, 6.45) is 2.32. The summed E-state index contributed by atoms with van der Waals surface area (Å²) in [7, 11) is -3.57. The highest BCUT2D eigenvalue weighted by Gasteiger charge is 2.36. The average Bonchev–Trinajstić information content (AvgIpc) is 3.89. The molecule has 6 rings (SSSR count). The van der Waals surface area contributed by atoms with Crippen molar-refractivity contribution >= 4 is 33.5 Å². The normalized spacial score (nSPS) is 17.0. The molecular weight excluding hydrogens is 852 g/mol. The molecule has 0 radical (unpaired) electrons. The number of rotatable bonds is 23. The van der Waals surface area contributed by atoms with Gasteiger partial charge in [0.15, 0.2) is 0 Å². The standard InChI is InChI=1S/C40H54F3N11O8S/c1-39(2,57)27-53-24-29(22-46-53)36-34(40(41,42)43)23-45-38(49-36)47-31-10-13-54(14-11-31)63(58,59)21-3-16-62-26-32-25-52(51-50-32)15-18-61-20-19-60-17-12-44-30-6-4-28(5-7-30)33-8-9-35(55)48-37(33)56/h4-7,22-25,31,33,44,57H,3,8-21,26-27H2,1-2H3,(H,45,47,49)(H,48,55,56). The molecule has 63 heavy (non-hydrogen) atoms. The Hall–Kier alpha value is -5.07. The van der Waals surface area contributed by atoms with Gasteiger partial charge in [0.1, 0.15) is 11.3 Å². The van der Waals surface area contributed by atoms with Gasteiger partial charge in [-0.05, 0) is 57.2 Å². The van der Waals surface area contributed by atoms with Crippen molar-refractivity contribution in [2.24, 2.45) is 0 Å². The monoisotopic (exact) mass is 905 g/mol. The molecule has 4 N–H and O–H groups in total. The summed E-state index contributed by atoms with van der Waals surface area (Å²) in [5, 5.41) is 31.1. The van der Waals surface area contributed by atoms with E-state index in [0.29, 0.717) is 70.9 Å². The third-order valence-electron chi connectivity index (χ3n) is 10.2. The van der Waals surface area contributed by atoms with E-state index < -0.39 is 27.4 Å². The fourth-order valence-corrected chi connectivity index (χ4v) is 8.57. The maximum Gasteiger partial charge on any atom is 0.419 e. The second-order valence-corrected chi connectivity index (χ2v) is 18.1. The fourth-order valence-electron chi connectivity index (χ4n) is 7.06. The van der Waals surface area contributed by atoms with Crippen LogP contribution >= 0.6 is 0 Å². The number of aromatic nitrogens is 7. The molecule has 23 heteroatoms. The lowest BCUT2D eigenvalue weighted by Crippen LogP contribution is -2.43. The summed E-state index contributed by atoms with van der Waals surface area (Å²) in [4.78, 5) is 31.5. The molecular formula is C40H54F3N11O8S. The molecule has 1 aromatic carbocycles. The number of anilines is 2. The molecule has 5 heterocycles. The summed E-state index contributed by atoms with van der Waals surface area (Å²) in [5.41, 5.74) is -0.0111. The molecule has 19 nitrogen and oxygen atoms in total. The van der Waals surface area contributed by atoms with Gasteiger partial charge >= 0.3 is 6.18 Å². The maximum absolute atomic E-state index is 13.9. The van der Waals surface area contributed by atoms with Crippen LogP contribution in [0.3, 0.4) is 0 Å². The zero-order valence-corrected chi connectivity index (χ0v) is 36.0. The molecule has 2 fully saturated rings. The highest BCUT2D eigenvalue weighted by atomic mass is 32.2. The number of halogens is 3. The van der Waals surface area contributed by atoms with Crippen LogP contribution in [0.4, 0.5) is 24.8 Å². The Balaban J connectivity index is 0.808. The topological polar surface area (TPSA) is 230 Å². The van der Waals surface area contributed by atoms with Gasteiger partial charge in [-0.25, -0.2) is 27.4 Å². The summed E-state index contributed by atoms with van der Waals surface area (Å²) < 4.78 is 89.1. The van der Waals surface area contributed by atoms with Crippen LogP contribution in [0.25, 0.3) is 11.3 Å². The molecule has 1 unspecified atom stereocenters. The van der Waals surface area contributed by atoms with Gasteiger partial charge < -0.3 is 30.0 Å². The minimum atomic E-state index is -4.71. The zero-order chi connectivity index (χ0) is 45.0. The van der Waals surface area contributed by atoms with Gasteiger partial charge in [-0.2, -0.15) is 18.3 Å². The van der Waals surface area contributed by atoms with Gasteiger partial charge in [-0.3, -0.25) is 19.6 Å². The van der Waals surface area contributed by atoms with Crippen molar-refractivity contribution in [1.29, 1.82) is 0 Å². The summed E-state index contributed by atoms with van der Waals surface area (Å²) in [6, 6.07) is 7.32. The Bertz CT molecular complexity index is 2230. The van der Waals surface area contributed by atoms with Crippen LogP contribution in [-0.4, -0.2) is 134 Å². The van der Waals surface area contributed by atoms with Crippen molar-refractivity contribution in [3.8, 4) is 11.3 Å². The zero-order valence-electron chi connectivity index (χ0n) is 35.2. The molecule has 0 saturated carbocycles. The van der Waals surface area contributed by atoms with Gasteiger partial charge in [0, 0.05) is 62.3 Å². The van der Waals surface area contributed by atoms with Crippen molar-refractivity contribution in [3.05, 3.63) is 65.9 Å². The molecule has 0 spiro atoms. The summed E-state index contributed by atoms with van der Waals surface area (Å²) in [6.45, 7) is 6.78. The van der Waals surface area contributed by atoms with Gasteiger partial charge in [0.2, 0.25) is 27.8 Å². The third kappa shape index (κ3) is 14.5. The summed E-state index contributed by atoms with van der Waals surface area (Å²) in [5.74, 6) is -0.918. The lowest BCUT2D eigenvalue weighted by molar-refractivity contribution is -0.137. The predicted molar refractivity (Wildman–Crippen MR) is 223 cm³/mol. The second-order valence-electron chi connectivity index (χ2n) is 16.0. The van der Waals surface area contributed by atoms with Crippen LogP contribution in [0.15, 0.2) is 49.1 Å². The van der Waals surface area contributed by atoms with Crippen LogP contribution in [0.1, 0.15) is 68.7 Å². The number of imide groups is 1. The number of sulfonamides is 1. The Kier molecular flexibility index (Phi) is 16.2. The van der Waals surface area contributed by atoms with E-state index in [1.807, 2.05) is 24.3 Å². The van der Waals surface area contributed by atoms with Crippen LogP contribution in [-0.2, 0) is 59.7 Å². The Labute approximate surface area is 363 Å². The van der Waals surface area contributed by atoms with Crippen molar-refractivity contribution in [2.45, 2.75) is 89.4 Å². The Morgan fingerprint density at radius 1 is 0.937 bits per heavy atom. The molecule has 344 valence electrons. The van der Waals surface area contributed by atoms with E-state index >= 15 is 0 Å². The number of hydrogen-bond donors (Lipinski definition) is 4. The van der Waals surface area contributed by atoms with E-state index in [2.05, 4.69) is 41.3 Å². The number of aliphatic hydroxyl groups is 1. The van der Waals surface area contributed by atoms with E-state index in [4.69, 9.17) is 14.2 Å². The van der Waals surface area contributed by atoms with Gasteiger partial charge in [0.25, 0.3) is 0 Å². The molecule has 0 aliphatic carbocycles. The van der Waals surface area contributed by atoms with Crippen molar-refractivity contribution in [2.75, 3.05) is 69.1 Å². The molecule has 1 atom stereocenters. The van der Waals surface area contributed by atoms with E-state index in [0.717, 1.165) is 17.4 Å². The van der Waals surface area contributed by atoms with Crippen LogP contribution < -0.4 is 16.0 Å². The number of nitrogens with one attached hydrogen (secondary N) is 3. The first kappa shape index (κ1) is 47.4. The molecule has 2 aliphatic rings. The van der Waals surface area contributed by atoms with Crippen molar-refractivity contribution in [1.82, 2.24) is 44.4 Å². The number of nitrogens with zero attached hydrogens (tertiary/aromatic N) is 8. The smallest absolute Gasteiger partial charge is 0.389 e. The number of hydrogen-bond acceptors (Lipinski definition) is 15. The van der Waals surface area contributed by atoms with E-state index in [9.17, 15) is 36.3 Å². The minimum Gasteiger partial charge on any atom is -0.389 e. The van der Waals surface area contributed by atoms with Gasteiger partial charge in [-0.1, -0.05) is 17.3 Å².